The van der Waals surface area contributed by atoms with Gasteiger partial charge in [-0.05, 0) is 36.8 Å². The van der Waals surface area contributed by atoms with Gasteiger partial charge in [0, 0.05) is 11.4 Å². The third-order valence-corrected chi connectivity index (χ3v) is 4.11. The van der Waals surface area contributed by atoms with Gasteiger partial charge in [-0.15, -0.1) is 11.3 Å². The fourth-order valence-corrected chi connectivity index (χ4v) is 2.56. The predicted molar refractivity (Wildman–Crippen MR) is 79.9 cm³/mol. The zero-order chi connectivity index (χ0) is 13.6. The number of thiophene rings is 1. The second-order valence-corrected chi connectivity index (χ2v) is 5.89. The molecule has 1 unspecified atom stereocenters. The first-order valence-corrected chi connectivity index (χ1v) is 7.32. The lowest BCUT2D eigenvalue weighted by Gasteiger charge is -2.23. The van der Waals surface area contributed by atoms with Crippen molar-refractivity contribution in [3.8, 4) is 6.07 Å². The summed E-state index contributed by atoms with van der Waals surface area (Å²) in [7, 11) is 0. The summed E-state index contributed by atoms with van der Waals surface area (Å²) in [4.78, 5) is 1.26. The smallest absolute Gasteiger partial charge is 0.104 e. The molecule has 0 radical (unpaired) electrons. The number of nitrogens with zero attached hydrogens (tertiary/aromatic N) is 1. The van der Waals surface area contributed by atoms with Crippen LogP contribution in [-0.2, 0) is 13.0 Å². The summed E-state index contributed by atoms with van der Waals surface area (Å²) >= 11 is 1.72. The van der Waals surface area contributed by atoms with Crippen LogP contribution >= 0.6 is 11.3 Å². The van der Waals surface area contributed by atoms with E-state index in [1.807, 2.05) is 31.2 Å². The highest BCUT2D eigenvalue weighted by molar-refractivity contribution is 7.09. The fourth-order valence-electron chi connectivity index (χ4n) is 1.92. The van der Waals surface area contributed by atoms with E-state index in [0.29, 0.717) is 0 Å². The van der Waals surface area contributed by atoms with Crippen molar-refractivity contribution < 1.29 is 0 Å². The largest absolute Gasteiger partial charge is 0.295 e. The van der Waals surface area contributed by atoms with Gasteiger partial charge in [0.15, 0.2) is 0 Å². The number of nitriles is 1. The van der Waals surface area contributed by atoms with Crippen molar-refractivity contribution in [2.45, 2.75) is 31.8 Å². The first kappa shape index (κ1) is 13.8. The maximum atomic E-state index is 9.38. The molecule has 1 atom stereocenters. The van der Waals surface area contributed by atoms with Gasteiger partial charge < -0.3 is 0 Å². The summed E-state index contributed by atoms with van der Waals surface area (Å²) in [6.07, 6.45) is 1.74. The highest BCUT2D eigenvalue weighted by Crippen LogP contribution is 2.16. The fraction of sp³-hybridized carbons (Fsp3) is 0.312. The van der Waals surface area contributed by atoms with Crippen molar-refractivity contribution in [3.63, 3.8) is 0 Å². The van der Waals surface area contributed by atoms with Crippen molar-refractivity contribution in [2.75, 3.05) is 0 Å². The van der Waals surface area contributed by atoms with Crippen LogP contribution < -0.4 is 5.32 Å². The second kappa shape index (κ2) is 6.51. The van der Waals surface area contributed by atoms with Crippen molar-refractivity contribution in [2.24, 2.45) is 0 Å². The number of aryl methyl sites for hydroxylation is 1. The van der Waals surface area contributed by atoms with Crippen molar-refractivity contribution in [3.05, 3.63) is 58.3 Å². The monoisotopic (exact) mass is 270 g/mol. The Labute approximate surface area is 118 Å². The van der Waals surface area contributed by atoms with Gasteiger partial charge in [0.1, 0.15) is 5.54 Å². The van der Waals surface area contributed by atoms with Gasteiger partial charge in [0.25, 0.3) is 0 Å². The number of benzene rings is 1. The molecule has 1 N–H and O–H groups in total. The minimum absolute atomic E-state index is 0.472. The van der Waals surface area contributed by atoms with Gasteiger partial charge in [0.2, 0.25) is 0 Å². The third-order valence-electron chi connectivity index (χ3n) is 3.24. The third kappa shape index (κ3) is 4.20. The molecule has 1 aromatic carbocycles. The Balaban J connectivity index is 1.89. The summed E-state index contributed by atoms with van der Waals surface area (Å²) in [6, 6.07) is 16.8. The van der Waals surface area contributed by atoms with Gasteiger partial charge in [-0.25, -0.2) is 0 Å². The van der Waals surface area contributed by atoms with Crippen LogP contribution in [0.5, 0.6) is 0 Å². The molecule has 19 heavy (non-hydrogen) atoms. The number of hydrogen-bond donors (Lipinski definition) is 1. The van der Waals surface area contributed by atoms with E-state index in [9.17, 15) is 5.26 Å². The molecule has 0 aliphatic carbocycles. The summed E-state index contributed by atoms with van der Waals surface area (Å²) < 4.78 is 0. The van der Waals surface area contributed by atoms with Crippen LogP contribution in [0.2, 0.25) is 0 Å². The van der Waals surface area contributed by atoms with E-state index in [2.05, 4.69) is 35.0 Å². The molecule has 0 fully saturated rings. The number of nitrogens with one attached hydrogen (secondary N) is 1. The molecular weight excluding hydrogens is 252 g/mol. The SMILES string of the molecule is CC(C#N)(CCc1ccccc1)NCc1cccs1. The van der Waals surface area contributed by atoms with E-state index in [-0.39, 0.29) is 0 Å². The molecule has 0 aliphatic rings. The average Bonchev–Trinajstić information content (AvgIpc) is 2.98. The van der Waals surface area contributed by atoms with Crippen LogP contribution in [0.1, 0.15) is 23.8 Å². The van der Waals surface area contributed by atoms with Crippen LogP contribution in [0.15, 0.2) is 47.8 Å². The molecule has 0 amide bonds. The minimum Gasteiger partial charge on any atom is -0.295 e. The maximum Gasteiger partial charge on any atom is 0.104 e. The zero-order valence-electron chi connectivity index (χ0n) is 11.1. The standard InChI is InChI=1S/C16H18N2S/c1-16(13-17,18-12-15-8-5-11-19-15)10-9-14-6-3-2-4-7-14/h2-8,11,18H,9-10,12H2,1H3. The van der Waals surface area contributed by atoms with E-state index in [1.54, 1.807) is 11.3 Å². The Morgan fingerprint density at radius 2 is 2.00 bits per heavy atom. The lowest BCUT2D eigenvalue weighted by molar-refractivity contribution is 0.418. The van der Waals surface area contributed by atoms with Crippen molar-refractivity contribution in [1.82, 2.24) is 5.32 Å². The quantitative estimate of drug-likeness (QED) is 0.867. The minimum atomic E-state index is -0.472. The number of rotatable bonds is 6. The van der Waals surface area contributed by atoms with E-state index in [4.69, 9.17) is 0 Å². The molecule has 2 rings (SSSR count). The van der Waals surface area contributed by atoms with E-state index in [1.165, 1.54) is 10.4 Å². The highest BCUT2D eigenvalue weighted by Gasteiger charge is 2.22. The number of hydrogen-bond acceptors (Lipinski definition) is 3. The first-order valence-electron chi connectivity index (χ1n) is 6.44. The highest BCUT2D eigenvalue weighted by atomic mass is 32.1. The van der Waals surface area contributed by atoms with E-state index < -0.39 is 5.54 Å². The van der Waals surface area contributed by atoms with Crippen molar-refractivity contribution in [1.29, 1.82) is 5.26 Å². The normalized spacial score (nSPS) is 13.7. The summed E-state index contributed by atoms with van der Waals surface area (Å²) in [5, 5.41) is 14.8. The zero-order valence-corrected chi connectivity index (χ0v) is 11.9. The first-order chi connectivity index (χ1) is 9.22. The molecule has 0 bridgehead atoms. The Morgan fingerprint density at radius 3 is 2.63 bits per heavy atom. The molecule has 0 saturated carbocycles. The van der Waals surface area contributed by atoms with Gasteiger partial charge in [0.05, 0.1) is 6.07 Å². The molecule has 0 spiro atoms. The van der Waals surface area contributed by atoms with Crippen molar-refractivity contribution >= 4 is 11.3 Å². The molecule has 2 aromatic rings. The van der Waals surface area contributed by atoms with Crippen LogP contribution in [0.4, 0.5) is 0 Å². The Bertz CT molecular complexity index is 528. The molecule has 1 heterocycles. The summed E-state index contributed by atoms with van der Waals surface area (Å²) in [6.45, 7) is 2.74. The molecule has 98 valence electrons. The Morgan fingerprint density at radius 1 is 1.21 bits per heavy atom. The van der Waals surface area contributed by atoms with E-state index >= 15 is 0 Å². The van der Waals surface area contributed by atoms with Gasteiger partial charge in [-0.1, -0.05) is 36.4 Å². The molecular formula is C16H18N2S. The predicted octanol–water partition coefficient (Wildman–Crippen LogP) is 3.75. The Kier molecular flexibility index (Phi) is 4.73. The second-order valence-electron chi connectivity index (χ2n) is 4.86. The average molecular weight is 270 g/mol. The van der Waals surface area contributed by atoms with Gasteiger partial charge in [-0.2, -0.15) is 5.26 Å². The van der Waals surface area contributed by atoms with Crippen LogP contribution in [0.3, 0.4) is 0 Å². The lowest BCUT2D eigenvalue weighted by atomic mass is 9.94. The Hall–Kier alpha value is -1.63. The van der Waals surface area contributed by atoms with Gasteiger partial charge in [-0.3, -0.25) is 5.32 Å². The van der Waals surface area contributed by atoms with Crippen LogP contribution in [-0.4, -0.2) is 5.54 Å². The topological polar surface area (TPSA) is 35.8 Å². The van der Waals surface area contributed by atoms with Crippen LogP contribution in [0.25, 0.3) is 0 Å². The van der Waals surface area contributed by atoms with Gasteiger partial charge >= 0.3 is 0 Å². The molecule has 1 aromatic heterocycles. The molecule has 0 aliphatic heterocycles. The summed E-state index contributed by atoms with van der Waals surface area (Å²) in [5.74, 6) is 0. The lowest BCUT2D eigenvalue weighted by Crippen LogP contribution is -2.40. The van der Waals surface area contributed by atoms with E-state index in [0.717, 1.165) is 19.4 Å². The van der Waals surface area contributed by atoms with Crippen LogP contribution in [0, 0.1) is 11.3 Å². The molecule has 0 saturated heterocycles. The molecule has 2 nitrogen and oxygen atoms in total. The maximum absolute atomic E-state index is 9.38. The summed E-state index contributed by atoms with van der Waals surface area (Å²) in [5.41, 5.74) is 0.807. The molecule has 3 heteroatoms.